The summed E-state index contributed by atoms with van der Waals surface area (Å²) in [5.74, 6) is 0.0270. The Kier molecular flexibility index (Phi) is 4.63. The van der Waals surface area contributed by atoms with Gasteiger partial charge in [-0.15, -0.1) is 0 Å². The van der Waals surface area contributed by atoms with Gasteiger partial charge >= 0.3 is 0 Å². The molecule has 4 rings (SSSR count). The normalized spacial score (nSPS) is 18.9. The topological polar surface area (TPSA) is 109 Å². The molecule has 0 spiro atoms. The van der Waals surface area contributed by atoms with Crippen molar-refractivity contribution in [2.24, 2.45) is 0 Å². The number of amides is 2. The Hall–Kier alpha value is -3.52. The Morgan fingerprint density at radius 3 is 2.69 bits per heavy atom. The van der Waals surface area contributed by atoms with Gasteiger partial charge in [0.2, 0.25) is 11.5 Å². The van der Waals surface area contributed by atoms with E-state index in [1.54, 1.807) is 25.4 Å². The molecule has 2 aromatic heterocycles. The highest BCUT2D eigenvalue weighted by molar-refractivity contribution is 5.89. The number of pyridine rings is 1. The van der Waals surface area contributed by atoms with E-state index in [-0.39, 0.29) is 18.1 Å². The number of aromatic nitrogens is 2. The smallest absolute Gasteiger partial charge is 0.262 e. The van der Waals surface area contributed by atoms with Crippen LogP contribution >= 0.6 is 0 Å². The third-order valence-electron chi connectivity index (χ3n) is 4.98. The van der Waals surface area contributed by atoms with E-state index in [9.17, 15) is 14.7 Å². The summed E-state index contributed by atoms with van der Waals surface area (Å²) in [4.78, 5) is 29.1. The highest BCUT2D eigenvalue weighted by atomic mass is 16.5. The molecule has 1 atom stereocenters. The van der Waals surface area contributed by atoms with Crippen molar-refractivity contribution in [2.75, 3.05) is 18.9 Å². The van der Waals surface area contributed by atoms with E-state index in [2.05, 4.69) is 15.5 Å². The minimum atomic E-state index is -1.67. The molecule has 3 heterocycles. The zero-order valence-electron chi connectivity index (χ0n) is 16.0. The van der Waals surface area contributed by atoms with Gasteiger partial charge in [-0.3, -0.25) is 9.59 Å². The first-order chi connectivity index (χ1) is 13.9. The SMILES string of the molecule is CC(=O)Nc1cc(-c2cccc(-c3cc(C4(O)CCN(C)C4=O)on3)c2)ccn1. The number of hydrogen-bond donors (Lipinski definition) is 2. The second-order valence-electron chi connectivity index (χ2n) is 7.11. The largest absolute Gasteiger partial charge is 0.373 e. The van der Waals surface area contributed by atoms with E-state index < -0.39 is 11.5 Å². The molecule has 148 valence electrons. The minimum absolute atomic E-state index is 0.143. The summed E-state index contributed by atoms with van der Waals surface area (Å²) >= 11 is 0. The van der Waals surface area contributed by atoms with Gasteiger partial charge in [-0.05, 0) is 29.3 Å². The molecule has 2 N–H and O–H groups in total. The molecule has 29 heavy (non-hydrogen) atoms. The van der Waals surface area contributed by atoms with Gasteiger partial charge in [0, 0.05) is 44.8 Å². The molecule has 0 bridgehead atoms. The summed E-state index contributed by atoms with van der Waals surface area (Å²) < 4.78 is 5.33. The second kappa shape index (κ2) is 7.14. The number of rotatable bonds is 4. The van der Waals surface area contributed by atoms with Gasteiger partial charge < -0.3 is 19.8 Å². The average Bonchev–Trinajstić information content (AvgIpc) is 3.30. The number of likely N-dealkylation sites (tertiary alicyclic amines) is 1. The van der Waals surface area contributed by atoms with Crippen LogP contribution in [0.3, 0.4) is 0 Å². The molecule has 8 nitrogen and oxygen atoms in total. The van der Waals surface area contributed by atoms with Crippen LogP contribution in [-0.2, 0) is 15.2 Å². The van der Waals surface area contributed by atoms with Gasteiger partial charge in [-0.2, -0.15) is 0 Å². The van der Waals surface area contributed by atoms with E-state index in [0.717, 1.165) is 16.7 Å². The number of anilines is 1. The minimum Gasteiger partial charge on any atom is -0.373 e. The van der Waals surface area contributed by atoms with Crippen LogP contribution in [0.5, 0.6) is 0 Å². The molecule has 0 saturated carbocycles. The lowest BCUT2D eigenvalue weighted by Gasteiger charge is -2.16. The number of carbonyl (C=O) groups is 2. The first-order valence-electron chi connectivity index (χ1n) is 9.16. The Labute approximate surface area is 167 Å². The van der Waals surface area contributed by atoms with Crippen molar-refractivity contribution in [1.82, 2.24) is 15.0 Å². The highest BCUT2D eigenvalue weighted by Gasteiger charge is 2.48. The van der Waals surface area contributed by atoms with E-state index in [1.807, 2.05) is 30.3 Å². The molecular formula is C21H20N4O4. The maximum Gasteiger partial charge on any atom is 0.262 e. The zero-order valence-corrected chi connectivity index (χ0v) is 16.0. The second-order valence-corrected chi connectivity index (χ2v) is 7.11. The van der Waals surface area contributed by atoms with Crippen LogP contribution in [0.25, 0.3) is 22.4 Å². The lowest BCUT2D eigenvalue weighted by atomic mass is 9.97. The molecule has 1 saturated heterocycles. The predicted molar refractivity (Wildman–Crippen MR) is 106 cm³/mol. The monoisotopic (exact) mass is 392 g/mol. The van der Waals surface area contributed by atoms with Gasteiger partial charge in [0.15, 0.2) is 5.76 Å². The van der Waals surface area contributed by atoms with Crippen molar-refractivity contribution in [3.8, 4) is 22.4 Å². The summed E-state index contributed by atoms with van der Waals surface area (Å²) in [5.41, 5.74) is 1.40. The number of nitrogens with one attached hydrogen (secondary N) is 1. The van der Waals surface area contributed by atoms with E-state index in [4.69, 9.17) is 4.52 Å². The van der Waals surface area contributed by atoms with E-state index in [0.29, 0.717) is 18.1 Å². The van der Waals surface area contributed by atoms with Crippen molar-refractivity contribution < 1.29 is 19.2 Å². The fraction of sp³-hybridized carbons (Fsp3) is 0.238. The van der Waals surface area contributed by atoms with Gasteiger partial charge in [0.25, 0.3) is 5.91 Å². The molecule has 1 aliphatic rings. The van der Waals surface area contributed by atoms with Crippen LogP contribution < -0.4 is 5.32 Å². The third kappa shape index (κ3) is 3.50. The van der Waals surface area contributed by atoms with Crippen molar-refractivity contribution in [2.45, 2.75) is 18.9 Å². The van der Waals surface area contributed by atoms with Gasteiger partial charge in [0.1, 0.15) is 11.5 Å². The first kappa shape index (κ1) is 18.8. The van der Waals surface area contributed by atoms with Gasteiger partial charge in [-0.25, -0.2) is 4.98 Å². The van der Waals surface area contributed by atoms with Crippen molar-refractivity contribution in [1.29, 1.82) is 0 Å². The van der Waals surface area contributed by atoms with Crippen LogP contribution in [0.2, 0.25) is 0 Å². The molecule has 1 fully saturated rings. The fourth-order valence-electron chi connectivity index (χ4n) is 3.41. The number of nitrogens with zero attached hydrogens (tertiary/aromatic N) is 3. The van der Waals surface area contributed by atoms with Crippen LogP contribution in [0.15, 0.2) is 53.2 Å². The lowest BCUT2D eigenvalue weighted by molar-refractivity contribution is -0.144. The molecule has 8 heteroatoms. The molecule has 1 aliphatic heterocycles. The molecule has 3 aromatic rings. The Morgan fingerprint density at radius 1 is 1.21 bits per heavy atom. The zero-order chi connectivity index (χ0) is 20.6. The number of hydrogen-bond acceptors (Lipinski definition) is 6. The number of carbonyl (C=O) groups excluding carboxylic acids is 2. The van der Waals surface area contributed by atoms with Gasteiger partial charge in [-0.1, -0.05) is 23.4 Å². The van der Waals surface area contributed by atoms with Crippen molar-refractivity contribution >= 4 is 17.6 Å². The summed E-state index contributed by atoms with van der Waals surface area (Å²) in [6, 6.07) is 12.8. The Morgan fingerprint density at radius 2 is 1.97 bits per heavy atom. The Bertz CT molecular complexity index is 1090. The Balaban J connectivity index is 1.65. The maximum atomic E-state index is 12.3. The van der Waals surface area contributed by atoms with Crippen LogP contribution in [-0.4, -0.2) is 45.6 Å². The third-order valence-corrected chi connectivity index (χ3v) is 4.98. The van der Waals surface area contributed by atoms with E-state index in [1.165, 1.54) is 11.8 Å². The van der Waals surface area contributed by atoms with Crippen molar-refractivity contribution in [3.63, 3.8) is 0 Å². The van der Waals surface area contributed by atoms with Crippen LogP contribution in [0, 0.1) is 0 Å². The summed E-state index contributed by atoms with van der Waals surface area (Å²) in [6.45, 7) is 1.89. The predicted octanol–water partition coefficient (Wildman–Crippen LogP) is 2.41. The maximum absolute atomic E-state index is 12.3. The quantitative estimate of drug-likeness (QED) is 0.706. The van der Waals surface area contributed by atoms with Crippen LogP contribution in [0.1, 0.15) is 19.1 Å². The molecule has 0 aliphatic carbocycles. The molecule has 0 radical (unpaired) electrons. The summed E-state index contributed by atoms with van der Waals surface area (Å²) in [7, 11) is 1.64. The number of benzene rings is 1. The molecule has 2 amide bonds. The molecule has 1 unspecified atom stereocenters. The highest BCUT2D eigenvalue weighted by Crippen LogP contribution is 2.35. The molecule has 1 aromatic carbocycles. The standard InChI is InChI=1S/C21H20N4O4/c1-13(26)23-19-11-15(6-8-22-19)14-4-3-5-16(10-14)17-12-18(29-24-17)21(28)7-9-25(2)20(21)27/h3-6,8,10-12,28H,7,9H2,1-2H3,(H,22,23,26). The van der Waals surface area contributed by atoms with Crippen LogP contribution in [0.4, 0.5) is 5.82 Å². The van der Waals surface area contributed by atoms with Crippen molar-refractivity contribution in [3.05, 3.63) is 54.4 Å². The number of aliphatic hydroxyl groups is 1. The average molecular weight is 392 g/mol. The summed E-state index contributed by atoms with van der Waals surface area (Å²) in [5, 5.41) is 17.4. The first-order valence-corrected chi connectivity index (χ1v) is 9.16. The summed E-state index contributed by atoms with van der Waals surface area (Å²) in [6.07, 6.45) is 1.89. The molecular weight excluding hydrogens is 372 g/mol. The fourth-order valence-corrected chi connectivity index (χ4v) is 3.41. The number of likely N-dealkylation sites (N-methyl/N-ethyl adjacent to an activating group) is 1. The van der Waals surface area contributed by atoms with E-state index >= 15 is 0 Å². The lowest BCUT2D eigenvalue weighted by Crippen LogP contribution is -2.35. The van der Waals surface area contributed by atoms with Gasteiger partial charge in [0.05, 0.1) is 0 Å².